The summed E-state index contributed by atoms with van der Waals surface area (Å²) in [6, 6.07) is 8.17. The van der Waals surface area contributed by atoms with Crippen molar-refractivity contribution >= 4 is 33.6 Å². The number of aromatic nitrogens is 3. The van der Waals surface area contributed by atoms with Crippen molar-refractivity contribution in [3.63, 3.8) is 0 Å². The van der Waals surface area contributed by atoms with Crippen molar-refractivity contribution in [2.45, 2.75) is 49.1 Å². The maximum atomic E-state index is 12.2. The number of carbonyl (C=O) groups excluding carboxylic acids is 1. The minimum atomic E-state index is -0.210. The number of thioether (sulfide) groups is 1. The van der Waals surface area contributed by atoms with Gasteiger partial charge < -0.3 is 5.32 Å². The van der Waals surface area contributed by atoms with Crippen LogP contribution in [0.4, 0.5) is 0 Å². The van der Waals surface area contributed by atoms with Crippen LogP contribution >= 0.6 is 27.7 Å². The predicted molar refractivity (Wildman–Crippen MR) is 95.2 cm³/mol. The number of amides is 1. The number of carbonyl (C=O) groups is 1. The topological polar surface area (TPSA) is 70.7 Å². The lowest BCUT2D eigenvalue weighted by Gasteiger charge is -2.15. The maximum Gasteiger partial charge on any atom is 0.233 e. The zero-order chi connectivity index (χ0) is 16.2. The van der Waals surface area contributed by atoms with Gasteiger partial charge in [-0.25, -0.2) is 4.98 Å². The largest absolute Gasteiger partial charge is 0.352 e. The molecule has 7 heteroatoms. The zero-order valence-electron chi connectivity index (χ0n) is 12.9. The number of nitrogens with zero attached hydrogens (tertiary/aromatic N) is 2. The summed E-state index contributed by atoms with van der Waals surface area (Å²) in [6.07, 6.45) is 4.61. The summed E-state index contributed by atoms with van der Waals surface area (Å²) in [5.41, 5.74) is 0.954. The van der Waals surface area contributed by atoms with Crippen LogP contribution in [0, 0.1) is 0 Å². The lowest BCUT2D eigenvalue weighted by molar-refractivity contribution is -0.120. The number of rotatable bonds is 5. The molecule has 2 aromatic rings. The van der Waals surface area contributed by atoms with E-state index in [4.69, 9.17) is 0 Å². The van der Waals surface area contributed by atoms with Gasteiger partial charge in [0, 0.05) is 16.1 Å². The first-order chi connectivity index (χ1) is 11.1. The van der Waals surface area contributed by atoms with Gasteiger partial charge in [0.1, 0.15) is 0 Å². The van der Waals surface area contributed by atoms with Crippen LogP contribution in [0.2, 0.25) is 0 Å². The van der Waals surface area contributed by atoms with Gasteiger partial charge in [0.25, 0.3) is 0 Å². The highest BCUT2D eigenvalue weighted by atomic mass is 79.9. The highest BCUT2D eigenvalue weighted by Gasteiger charge is 2.22. The number of halogens is 1. The second kappa shape index (κ2) is 7.49. The van der Waals surface area contributed by atoms with E-state index in [0.29, 0.717) is 17.0 Å². The predicted octanol–water partition coefficient (Wildman–Crippen LogP) is 3.77. The van der Waals surface area contributed by atoms with Crippen molar-refractivity contribution < 1.29 is 4.79 Å². The molecule has 1 aromatic carbocycles. The Kier molecular flexibility index (Phi) is 5.38. The summed E-state index contributed by atoms with van der Waals surface area (Å²) in [5.74, 6) is 0.762. The van der Waals surface area contributed by atoms with Crippen molar-refractivity contribution in [1.29, 1.82) is 0 Å². The number of hydrogen-bond acceptors (Lipinski definition) is 4. The Morgan fingerprint density at radius 3 is 2.87 bits per heavy atom. The fourth-order valence-corrected chi connectivity index (χ4v) is 3.88. The lowest BCUT2D eigenvalue weighted by Crippen LogP contribution is -2.37. The highest BCUT2D eigenvalue weighted by Crippen LogP contribution is 2.28. The van der Waals surface area contributed by atoms with Crippen molar-refractivity contribution in [2.24, 2.45) is 0 Å². The van der Waals surface area contributed by atoms with Gasteiger partial charge >= 0.3 is 0 Å². The summed E-state index contributed by atoms with van der Waals surface area (Å²) in [4.78, 5) is 16.7. The van der Waals surface area contributed by atoms with Gasteiger partial charge in [-0.3, -0.25) is 9.89 Å². The van der Waals surface area contributed by atoms with Gasteiger partial charge in [0.05, 0.1) is 5.25 Å². The SMILES string of the molecule is C[C@H](Sc1n[nH]c(-c2ccccc2Br)n1)C(=O)NC1CCCC1. The molecular weight excluding hydrogens is 376 g/mol. The monoisotopic (exact) mass is 394 g/mol. The van der Waals surface area contributed by atoms with Crippen LogP contribution in [0.15, 0.2) is 33.9 Å². The van der Waals surface area contributed by atoms with Crippen molar-refractivity contribution in [3.05, 3.63) is 28.7 Å². The molecule has 0 spiro atoms. The molecule has 23 heavy (non-hydrogen) atoms. The molecule has 1 heterocycles. The number of nitrogens with one attached hydrogen (secondary N) is 2. The molecule has 0 aliphatic heterocycles. The van der Waals surface area contributed by atoms with Crippen molar-refractivity contribution in [3.8, 4) is 11.4 Å². The summed E-state index contributed by atoms with van der Waals surface area (Å²) in [5, 5.41) is 10.6. The van der Waals surface area contributed by atoms with Gasteiger partial charge in [-0.05, 0) is 25.8 Å². The van der Waals surface area contributed by atoms with E-state index in [1.54, 1.807) is 0 Å². The van der Waals surface area contributed by atoms with E-state index in [9.17, 15) is 4.79 Å². The van der Waals surface area contributed by atoms with Crippen molar-refractivity contribution in [2.75, 3.05) is 0 Å². The zero-order valence-corrected chi connectivity index (χ0v) is 15.3. The van der Waals surface area contributed by atoms with E-state index in [-0.39, 0.29) is 11.2 Å². The highest BCUT2D eigenvalue weighted by molar-refractivity contribution is 9.10. The molecule has 122 valence electrons. The Balaban J connectivity index is 1.62. The van der Waals surface area contributed by atoms with Gasteiger partial charge in [-0.15, -0.1) is 5.10 Å². The van der Waals surface area contributed by atoms with Crippen LogP contribution in [0.5, 0.6) is 0 Å². The molecular formula is C16H19BrN4OS. The van der Waals surface area contributed by atoms with Crippen LogP contribution in [0.25, 0.3) is 11.4 Å². The third kappa shape index (κ3) is 4.14. The second-order valence-corrected chi connectivity index (χ2v) is 7.86. The van der Waals surface area contributed by atoms with E-state index in [2.05, 4.69) is 36.4 Å². The average molecular weight is 395 g/mol. The number of benzene rings is 1. The fraction of sp³-hybridized carbons (Fsp3) is 0.438. The van der Waals surface area contributed by atoms with E-state index in [0.717, 1.165) is 22.9 Å². The van der Waals surface area contributed by atoms with Crippen LogP contribution in [-0.4, -0.2) is 32.4 Å². The van der Waals surface area contributed by atoms with Gasteiger partial charge in [-0.1, -0.05) is 58.7 Å². The Morgan fingerprint density at radius 1 is 1.39 bits per heavy atom. The minimum absolute atomic E-state index is 0.0640. The van der Waals surface area contributed by atoms with E-state index < -0.39 is 0 Å². The van der Waals surface area contributed by atoms with Crippen LogP contribution in [-0.2, 0) is 4.79 Å². The second-order valence-electron chi connectivity index (χ2n) is 5.70. The molecule has 1 saturated carbocycles. The molecule has 1 atom stereocenters. The Bertz CT molecular complexity index is 684. The standard InChI is InChI=1S/C16H19BrN4OS/c1-10(15(22)18-11-6-2-3-7-11)23-16-19-14(20-21-16)12-8-4-5-9-13(12)17/h4-5,8-11H,2-3,6-7H2,1H3,(H,18,22)(H,19,20,21)/t10-/m0/s1. The quantitative estimate of drug-likeness (QED) is 0.756. The van der Waals surface area contributed by atoms with Crippen LogP contribution < -0.4 is 5.32 Å². The molecule has 0 saturated heterocycles. The molecule has 1 aromatic heterocycles. The van der Waals surface area contributed by atoms with E-state index in [1.165, 1.54) is 24.6 Å². The minimum Gasteiger partial charge on any atom is -0.352 e. The maximum absolute atomic E-state index is 12.2. The summed E-state index contributed by atoms with van der Waals surface area (Å²) >= 11 is 4.88. The summed E-state index contributed by atoms with van der Waals surface area (Å²) in [6.45, 7) is 1.89. The average Bonchev–Trinajstić information content (AvgIpc) is 3.19. The molecule has 1 amide bonds. The smallest absolute Gasteiger partial charge is 0.233 e. The molecule has 2 N–H and O–H groups in total. The first kappa shape index (κ1) is 16.5. The van der Waals surface area contributed by atoms with Gasteiger partial charge in [-0.2, -0.15) is 0 Å². The van der Waals surface area contributed by atoms with Crippen molar-refractivity contribution in [1.82, 2.24) is 20.5 Å². The number of H-pyrrole nitrogens is 1. The molecule has 0 bridgehead atoms. The first-order valence-corrected chi connectivity index (χ1v) is 9.45. The molecule has 0 unspecified atom stereocenters. The number of aromatic amines is 1. The first-order valence-electron chi connectivity index (χ1n) is 7.78. The Labute approximate surface area is 148 Å². The van der Waals surface area contributed by atoms with Gasteiger partial charge in [0.15, 0.2) is 5.82 Å². The molecule has 1 aliphatic carbocycles. The molecule has 0 radical (unpaired) electrons. The van der Waals surface area contributed by atoms with E-state index in [1.807, 2.05) is 31.2 Å². The fourth-order valence-electron chi connectivity index (χ4n) is 2.67. The lowest BCUT2D eigenvalue weighted by atomic mass is 10.2. The Hall–Kier alpha value is -1.34. The summed E-state index contributed by atoms with van der Waals surface area (Å²) < 4.78 is 0.958. The number of hydrogen-bond donors (Lipinski definition) is 2. The summed E-state index contributed by atoms with van der Waals surface area (Å²) in [7, 11) is 0. The normalized spacial score (nSPS) is 16.4. The van der Waals surface area contributed by atoms with Crippen LogP contribution in [0.3, 0.4) is 0 Å². The third-order valence-corrected chi connectivity index (χ3v) is 5.60. The molecule has 1 aliphatic rings. The third-order valence-electron chi connectivity index (χ3n) is 3.95. The molecule has 5 nitrogen and oxygen atoms in total. The van der Waals surface area contributed by atoms with Gasteiger partial charge in [0.2, 0.25) is 11.1 Å². The van der Waals surface area contributed by atoms with Crippen LogP contribution in [0.1, 0.15) is 32.6 Å². The molecule has 1 fully saturated rings. The Morgan fingerprint density at radius 2 is 2.13 bits per heavy atom. The molecule has 3 rings (SSSR count). The van der Waals surface area contributed by atoms with E-state index >= 15 is 0 Å².